The Morgan fingerprint density at radius 3 is 2.87 bits per heavy atom. The molecule has 0 unspecified atom stereocenters. The molecular weight excluding hydrogens is 192 g/mol. The molecule has 15 heavy (non-hydrogen) atoms. The topological polar surface area (TPSA) is 44.1 Å². The van der Waals surface area contributed by atoms with Gasteiger partial charge >= 0.3 is 5.97 Å². The first-order chi connectivity index (χ1) is 7.17. The highest BCUT2D eigenvalue weighted by Gasteiger charge is 2.04. The zero-order chi connectivity index (χ0) is 11.3. The molecule has 0 aliphatic rings. The van der Waals surface area contributed by atoms with E-state index in [1.165, 1.54) is 0 Å². The van der Waals surface area contributed by atoms with E-state index >= 15 is 0 Å². The quantitative estimate of drug-likeness (QED) is 0.560. The second kappa shape index (κ2) is 5.34. The Bertz CT molecular complexity index is 366. The fourth-order valence-electron chi connectivity index (χ4n) is 1.18. The number of hydrogen-bond donors (Lipinski definition) is 0. The monoisotopic (exact) mass is 208 g/mol. The van der Waals surface area contributed by atoms with Crippen molar-refractivity contribution >= 4 is 12.0 Å². The smallest absolute Gasteiger partial charge is 0.333 e. The standard InChI is InChI=1S/C11H16N2O2/c1-4-13-8-10(7-12-13)6-9(3)11(14)15-5-2/h6-8H,4-5H2,1-3H3. The number of ether oxygens (including phenoxy) is 1. The number of aromatic nitrogens is 2. The van der Waals surface area contributed by atoms with Crippen LogP contribution in [0.25, 0.3) is 6.08 Å². The van der Waals surface area contributed by atoms with Gasteiger partial charge in [-0.2, -0.15) is 5.10 Å². The van der Waals surface area contributed by atoms with E-state index < -0.39 is 0 Å². The van der Waals surface area contributed by atoms with Crippen LogP contribution in [-0.4, -0.2) is 22.4 Å². The fourth-order valence-corrected chi connectivity index (χ4v) is 1.18. The van der Waals surface area contributed by atoms with Crippen molar-refractivity contribution in [3.05, 3.63) is 23.5 Å². The normalized spacial score (nSPS) is 11.5. The highest BCUT2D eigenvalue weighted by molar-refractivity contribution is 5.92. The Balaban J connectivity index is 2.73. The van der Waals surface area contributed by atoms with Gasteiger partial charge in [-0.3, -0.25) is 4.68 Å². The third-order valence-electron chi connectivity index (χ3n) is 1.96. The SMILES string of the molecule is CCOC(=O)C(C)=Cc1cnn(CC)c1. The highest BCUT2D eigenvalue weighted by atomic mass is 16.5. The molecule has 0 saturated carbocycles. The zero-order valence-corrected chi connectivity index (χ0v) is 9.36. The van der Waals surface area contributed by atoms with Gasteiger partial charge in [0.15, 0.2) is 0 Å². The predicted octanol–water partition coefficient (Wildman–Crippen LogP) is 1.87. The van der Waals surface area contributed by atoms with Crippen molar-refractivity contribution in [3.63, 3.8) is 0 Å². The van der Waals surface area contributed by atoms with Gasteiger partial charge in [-0.25, -0.2) is 4.79 Å². The molecule has 1 rings (SSSR count). The summed E-state index contributed by atoms with van der Waals surface area (Å²) in [6.45, 7) is 6.77. The Morgan fingerprint density at radius 2 is 2.33 bits per heavy atom. The molecule has 1 heterocycles. The molecule has 1 aromatic heterocycles. The van der Waals surface area contributed by atoms with Crippen molar-refractivity contribution in [2.45, 2.75) is 27.3 Å². The van der Waals surface area contributed by atoms with Crippen LogP contribution in [0.3, 0.4) is 0 Å². The maximum Gasteiger partial charge on any atom is 0.333 e. The molecule has 4 nitrogen and oxygen atoms in total. The van der Waals surface area contributed by atoms with Gasteiger partial charge in [0.05, 0.1) is 12.8 Å². The van der Waals surface area contributed by atoms with E-state index in [1.54, 1.807) is 26.1 Å². The van der Waals surface area contributed by atoms with E-state index in [4.69, 9.17) is 4.74 Å². The van der Waals surface area contributed by atoms with Crippen LogP contribution in [-0.2, 0) is 16.1 Å². The van der Waals surface area contributed by atoms with Crippen LogP contribution in [0.1, 0.15) is 26.3 Å². The largest absolute Gasteiger partial charge is 0.463 e. The van der Waals surface area contributed by atoms with Gasteiger partial charge in [0, 0.05) is 23.9 Å². The predicted molar refractivity (Wildman–Crippen MR) is 58.2 cm³/mol. The first-order valence-electron chi connectivity index (χ1n) is 5.05. The third kappa shape index (κ3) is 3.23. The molecule has 0 aliphatic carbocycles. The van der Waals surface area contributed by atoms with Crippen molar-refractivity contribution in [1.82, 2.24) is 9.78 Å². The minimum atomic E-state index is -0.276. The van der Waals surface area contributed by atoms with Crippen molar-refractivity contribution < 1.29 is 9.53 Å². The number of nitrogens with zero attached hydrogens (tertiary/aromatic N) is 2. The number of carbonyl (C=O) groups is 1. The minimum Gasteiger partial charge on any atom is -0.463 e. The summed E-state index contributed by atoms with van der Waals surface area (Å²) in [5, 5.41) is 4.11. The van der Waals surface area contributed by atoms with Gasteiger partial charge in [-0.1, -0.05) is 0 Å². The fraction of sp³-hybridized carbons (Fsp3) is 0.455. The molecule has 1 aromatic rings. The lowest BCUT2D eigenvalue weighted by Crippen LogP contribution is -2.04. The van der Waals surface area contributed by atoms with E-state index in [0.717, 1.165) is 12.1 Å². The van der Waals surface area contributed by atoms with Crippen LogP contribution >= 0.6 is 0 Å². The molecule has 0 bridgehead atoms. The van der Waals surface area contributed by atoms with Crippen LogP contribution in [0.4, 0.5) is 0 Å². The molecular formula is C11H16N2O2. The first kappa shape index (κ1) is 11.5. The molecule has 0 amide bonds. The molecule has 82 valence electrons. The van der Waals surface area contributed by atoms with Gasteiger partial charge in [0.25, 0.3) is 0 Å². The zero-order valence-electron chi connectivity index (χ0n) is 9.36. The number of aryl methyl sites for hydroxylation is 1. The molecule has 0 aromatic carbocycles. The van der Waals surface area contributed by atoms with Gasteiger partial charge in [0.2, 0.25) is 0 Å². The summed E-state index contributed by atoms with van der Waals surface area (Å²) in [7, 11) is 0. The summed E-state index contributed by atoms with van der Waals surface area (Å²) in [4.78, 5) is 11.3. The Hall–Kier alpha value is -1.58. The number of esters is 1. The molecule has 0 radical (unpaired) electrons. The average molecular weight is 208 g/mol. The summed E-state index contributed by atoms with van der Waals surface area (Å²) in [5.74, 6) is -0.276. The van der Waals surface area contributed by atoms with Crippen LogP contribution in [0.2, 0.25) is 0 Å². The highest BCUT2D eigenvalue weighted by Crippen LogP contribution is 2.06. The van der Waals surface area contributed by atoms with E-state index in [0.29, 0.717) is 12.2 Å². The van der Waals surface area contributed by atoms with Crippen molar-refractivity contribution in [2.24, 2.45) is 0 Å². The number of hydrogen-bond acceptors (Lipinski definition) is 3. The van der Waals surface area contributed by atoms with Gasteiger partial charge < -0.3 is 4.74 Å². The second-order valence-corrected chi connectivity index (χ2v) is 3.18. The summed E-state index contributed by atoms with van der Waals surface area (Å²) in [5.41, 5.74) is 1.51. The lowest BCUT2D eigenvalue weighted by Gasteiger charge is -1.99. The van der Waals surface area contributed by atoms with E-state index in [2.05, 4.69) is 5.10 Å². The molecule has 0 saturated heterocycles. The summed E-state index contributed by atoms with van der Waals surface area (Å²) in [6.07, 6.45) is 5.39. The minimum absolute atomic E-state index is 0.276. The lowest BCUT2D eigenvalue weighted by molar-refractivity contribution is -0.138. The summed E-state index contributed by atoms with van der Waals surface area (Å²) < 4.78 is 6.68. The van der Waals surface area contributed by atoms with E-state index in [-0.39, 0.29) is 5.97 Å². The molecule has 0 N–H and O–H groups in total. The van der Waals surface area contributed by atoms with Gasteiger partial charge in [-0.05, 0) is 26.8 Å². The van der Waals surface area contributed by atoms with Gasteiger partial charge in [-0.15, -0.1) is 0 Å². The third-order valence-corrected chi connectivity index (χ3v) is 1.96. The van der Waals surface area contributed by atoms with Crippen molar-refractivity contribution in [1.29, 1.82) is 0 Å². The second-order valence-electron chi connectivity index (χ2n) is 3.18. The number of rotatable bonds is 4. The summed E-state index contributed by atoms with van der Waals surface area (Å²) in [6, 6.07) is 0. The van der Waals surface area contributed by atoms with Crippen LogP contribution < -0.4 is 0 Å². The first-order valence-corrected chi connectivity index (χ1v) is 5.05. The van der Waals surface area contributed by atoms with Crippen LogP contribution in [0.5, 0.6) is 0 Å². The molecule has 0 spiro atoms. The van der Waals surface area contributed by atoms with Gasteiger partial charge in [0.1, 0.15) is 0 Å². The maximum absolute atomic E-state index is 11.3. The number of carbonyl (C=O) groups excluding carboxylic acids is 1. The average Bonchev–Trinajstić information content (AvgIpc) is 2.66. The Kier molecular flexibility index (Phi) is 4.09. The van der Waals surface area contributed by atoms with Crippen molar-refractivity contribution in [2.75, 3.05) is 6.61 Å². The van der Waals surface area contributed by atoms with E-state index in [9.17, 15) is 4.79 Å². The van der Waals surface area contributed by atoms with E-state index in [1.807, 2.05) is 17.8 Å². The Labute approximate surface area is 89.5 Å². The van der Waals surface area contributed by atoms with Crippen molar-refractivity contribution in [3.8, 4) is 0 Å². The molecule has 0 fully saturated rings. The van der Waals surface area contributed by atoms with Crippen LogP contribution in [0, 0.1) is 0 Å². The summed E-state index contributed by atoms with van der Waals surface area (Å²) >= 11 is 0. The lowest BCUT2D eigenvalue weighted by atomic mass is 10.2. The molecule has 0 atom stereocenters. The molecule has 0 aliphatic heterocycles. The maximum atomic E-state index is 11.3. The Morgan fingerprint density at radius 1 is 1.60 bits per heavy atom. The van der Waals surface area contributed by atoms with Crippen LogP contribution in [0.15, 0.2) is 18.0 Å². The molecule has 4 heteroatoms.